The van der Waals surface area contributed by atoms with Crippen LogP contribution in [-0.2, 0) is 4.79 Å². The first-order valence-corrected chi connectivity index (χ1v) is 7.18. The van der Waals surface area contributed by atoms with Gasteiger partial charge in [0, 0.05) is 13.1 Å². The van der Waals surface area contributed by atoms with Crippen LogP contribution in [0.25, 0.3) is 0 Å². The first-order chi connectivity index (χ1) is 9.10. The summed E-state index contributed by atoms with van der Waals surface area (Å²) in [5.41, 5.74) is 0. The molecule has 1 unspecified atom stereocenters. The summed E-state index contributed by atoms with van der Waals surface area (Å²) in [6.07, 6.45) is 2.38. The van der Waals surface area contributed by atoms with Crippen molar-refractivity contribution in [3.63, 3.8) is 0 Å². The predicted octanol–water partition coefficient (Wildman–Crippen LogP) is 2.00. The molecule has 1 aromatic rings. The van der Waals surface area contributed by atoms with Crippen molar-refractivity contribution < 1.29 is 4.79 Å². The number of rotatable bonds is 7. The van der Waals surface area contributed by atoms with Gasteiger partial charge in [-0.3, -0.25) is 4.79 Å². The molecule has 0 spiro atoms. The van der Waals surface area contributed by atoms with Gasteiger partial charge in [0.25, 0.3) is 0 Å². The van der Waals surface area contributed by atoms with Gasteiger partial charge in [-0.25, -0.2) is 9.97 Å². The SMILES string of the molecule is CCCNC(=O)C(C)Nc1ncnc(NCC)c1Br. The highest BCUT2D eigenvalue weighted by Crippen LogP contribution is 2.26. The first-order valence-electron chi connectivity index (χ1n) is 6.38. The molecule has 106 valence electrons. The van der Waals surface area contributed by atoms with Crippen LogP contribution in [0.15, 0.2) is 10.8 Å². The molecule has 0 aliphatic rings. The van der Waals surface area contributed by atoms with Crippen molar-refractivity contribution in [1.82, 2.24) is 15.3 Å². The second-order valence-corrected chi connectivity index (χ2v) is 4.87. The highest BCUT2D eigenvalue weighted by molar-refractivity contribution is 9.10. The van der Waals surface area contributed by atoms with Gasteiger partial charge in [0.15, 0.2) is 0 Å². The Morgan fingerprint density at radius 3 is 2.68 bits per heavy atom. The molecule has 0 bridgehead atoms. The molecule has 0 aliphatic heterocycles. The topological polar surface area (TPSA) is 78.9 Å². The molecule has 1 atom stereocenters. The van der Waals surface area contributed by atoms with Crippen molar-refractivity contribution in [3.05, 3.63) is 10.8 Å². The lowest BCUT2D eigenvalue weighted by atomic mass is 10.3. The molecule has 0 saturated carbocycles. The van der Waals surface area contributed by atoms with Gasteiger partial charge in [0.1, 0.15) is 28.5 Å². The van der Waals surface area contributed by atoms with Crippen molar-refractivity contribution in [2.75, 3.05) is 23.7 Å². The summed E-state index contributed by atoms with van der Waals surface area (Å²) in [5.74, 6) is 1.27. The van der Waals surface area contributed by atoms with Gasteiger partial charge in [-0.2, -0.15) is 0 Å². The number of anilines is 2. The lowest BCUT2D eigenvalue weighted by Gasteiger charge is -2.16. The van der Waals surface area contributed by atoms with E-state index in [4.69, 9.17) is 0 Å². The second-order valence-electron chi connectivity index (χ2n) is 4.07. The summed E-state index contributed by atoms with van der Waals surface area (Å²) >= 11 is 3.43. The van der Waals surface area contributed by atoms with Gasteiger partial charge in [-0.15, -0.1) is 0 Å². The summed E-state index contributed by atoms with van der Waals surface area (Å²) in [7, 11) is 0. The van der Waals surface area contributed by atoms with Gasteiger partial charge in [-0.05, 0) is 36.2 Å². The fourth-order valence-electron chi connectivity index (χ4n) is 1.43. The molecule has 3 N–H and O–H groups in total. The van der Waals surface area contributed by atoms with Crippen LogP contribution in [0.5, 0.6) is 0 Å². The molecular weight excluding hydrogens is 310 g/mol. The zero-order valence-corrected chi connectivity index (χ0v) is 13.0. The van der Waals surface area contributed by atoms with Crippen molar-refractivity contribution in [1.29, 1.82) is 0 Å². The second kappa shape index (κ2) is 7.93. The Balaban J connectivity index is 2.71. The largest absolute Gasteiger partial charge is 0.369 e. The summed E-state index contributed by atoms with van der Waals surface area (Å²) in [6, 6.07) is -0.354. The molecule has 0 aliphatic carbocycles. The molecule has 6 nitrogen and oxygen atoms in total. The van der Waals surface area contributed by atoms with Gasteiger partial charge in [0.2, 0.25) is 5.91 Å². The van der Waals surface area contributed by atoms with E-state index in [1.54, 1.807) is 6.92 Å². The molecule has 0 saturated heterocycles. The molecule has 1 heterocycles. The van der Waals surface area contributed by atoms with Crippen molar-refractivity contribution in [2.24, 2.45) is 0 Å². The molecule has 7 heteroatoms. The predicted molar refractivity (Wildman–Crippen MR) is 80.3 cm³/mol. The summed E-state index contributed by atoms with van der Waals surface area (Å²) in [5, 5.41) is 9.02. The summed E-state index contributed by atoms with van der Waals surface area (Å²) in [6.45, 7) is 7.25. The molecule has 1 rings (SSSR count). The maximum atomic E-state index is 11.8. The fraction of sp³-hybridized carbons (Fsp3) is 0.583. The number of carbonyl (C=O) groups excluding carboxylic acids is 1. The Kier molecular flexibility index (Phi) is 6.55. The fourth-order valence-corrected chi connectivity index (χ4v) is 1.89. The van der Waals surface area contributed by atoms with Gasteiger partial charge in [-0.1, -0.05) is 6.92 Å². The zero-order valence-electron chi connectivity index (χ0n) is 11.5. The van der Waals surface area contributed by atoms with Crippen LogP contribution in [0.2, 0.25) is 0 Å². The third-order valence-corrected chi connectivity index (χ3v) is 3.18. The molecular formula is C12H20BrN5O. The monoisotopic (exact) mass is 329 g/mol. The van der Waals surface area contributed by atoms with E-state index >= 15 is 0 Å². The molecule has 19 heavy (non-hydrogen) atoms. The average molecular weight is 330 g/mol. The van der Waals surface area contributed by atoms with Crippen LogP contribution < -0.4 is 16.0 Å². The van der Waals surface area contributed by atoms with Crippen LogP contribution in [0.1, 0.15) is 27.2 Å². The van der Waals surface area contributed by atoms with E-state index in [2.05, 4.69) is 41.8 Å². The highest BCUT2D eigenvalue weighted by atomic mass is 79.9. The van der Waals surface area contributed by atoms with Crippen molar-refractivity contribution >= 4 is 33.5 Å². The van der Waals surface area contributed by atoms with E-state index in [1.807, 2.05) is 13.8 Å². The Labute approximate surface area is 121 Å². The normalized spacial score (nSPS) is 11.8. The quantitative estimate of drug-likeness (QED) is 0.713. The van der Waals surface area contributed by atoms with Crippen LogP contribution in [0.3, 0.4) is 0 Å². The average Bonchev–Trinajstić information content (AvgIpc) is 2.40. The first kappa shape index (κ1) is 15.7. The minimum atomic E-state index is -0.354. The van der Waals surface area contributed by atoms with E-state index in [1.165, 1.54) is 6.33 Å². The molecule has 1 amide bonds. The third kappa shape index (κ3) is 4.66. The smallest absolute Gasteiger partial charge is 0.242 e. The summed E-state index contributed by atoms with van der Waals surface area (Å²) < 4.78 is 0.729. The van der Waals surface area contributed by atoms with E-state index in [0.717, 1.165) is 17.4 Å². The molecule has 0 fully saturated rings. The van der Waals surface area contributed by atoms with Crippen LogP contribution in [-0.4, -0.2) is 35.0 Å². The number of nitrogens with one attached hydrogen (secondary N) is 3. The summed E-state index contributed by atoms with van der Waals surface area (Å²) in [4.78, 5) is 20.0. The van der Waals surface area contributed by atoms with E-state index in [0.29, 0.717) is 18.2 Å². The molecule has 1 aromatic heterocycles. The minimum absolute atomic E-state index is 0.0441. The van der Waals surface area contributed by atoms with E-state index in [-0.39, 0.29) is 11.9 Å². The number of nitrogens with zero attached hydrogens (tertiary/aromatic N) is 2. The Bertz CT molecular complexity index is 427. The van der Waals surface area contributed by atoms with Crippen LogP contribution in [0, 0.1) is 0 Å². The maximum Gasteiger partial charge on any atom is 0.242 e. The standard InChI is InChI=1S/C12H20BrN5O/c1-4-6-15-12(19)8(3)18-11-9(13)10(14-5-2)16-7-17-11/h7-8H,4-6H2,1-3H3,(H,15,19)(H2,14,16,17,18). The van der Waals surface area contributed by atoms with Gasteiger partial charge in [0.05, 0.1) is 0 Å². The zero-order chi connectivity index (χ0) is 14.3. The van der Waals surface area contributed by atoms with Gasteiger partial charge < -0.3 is 16.0 Å². The highest BCUT2D eigenvalue weighted by Gasteiger charge is 2.15. The lowest BCUT2D eigenvalue weighted by Crippen LogP contribution is -2.38. The van der Waals surface area contributed by atoms with E-state index in [9.17, 15) is 4.79 Å². The number of aromatic nitrogens is 2. The van der Waals surface area contributed by atoms with Crippen molar-refractivity contribution in [3.8, 4) is 0 Å². The molecule has 0 radical (unpaired) electrons. The Hall–Kier alpha value is -1.37. The van der Waals surface area contributed by atoms with Crippen LogP contribution >= 0.6 is 15.9 Å². The number of amides is 1. The Morgan fingerprint density at radius 1 is 1.37 bits per heavy atom. The number of carbonyl (C=O) groups is 1. The number of hydrogen-bond donors (Lipinski definition) is 3. The van der Waals surface area contributed by atoms with Gasteiger partial charge >= 0.3 is 0 Å². The van der Waals surface area contributed by atoms with E-state index < -0.39 is 0 Å². The maximum absolute atomic E-state index is 11.8. The third-order valence-electron chi connectivity index (χ3n) is 2.43. The number of hydrogen-bond acceptors (Lipinski definition) is 5. The minimum Gasteiger partial charge on any atom is -0.369 e. The lowest BCUT2D eigenvalue weighted by molar-refractivity contribution is -0.121. The number of halogens is 1. The molecule has 0 aromatic carbocycles. The Morgan fingerprint density at radius 2 is 2.05 bits per heavy atom. The van der Waals surface area contributed by atoms with Crippen LogP contribution in [0.4, 0.5) is 11.6 Å². The van der Waals surface area contributed by atoms with Crippen molar-refractivity contribution in [2.45, 2.75) is 33.2 Å².